The van der Waals surface area contributed by atoms with E-state index >= 15 is 0 Å². The Morgan fingerprint density at radius 1 is 1.26 bits per heavy atom. The second kappa shape index (κ2) is 8.72. The molecule has 0 fully saturated rings. The number of nitrogens with one attached hydrogen (secondary N) is 1. The maximum absolute atomic E-state index is 11.6. The van der Waals surface area contributed by atoms with Crippen LogP contribution in [-0.4, -0.2) is 54.4 Å². The second-order valence-corrected chi connectivity index (χ2v) is 10.2. The van der Waals surface area contributed by atoms with Gasteiger partial charge in [0.1, 0.15) is 28.6 Å². The van der Waals surface area contributed by atoms with Crippen molar-refractivity contribution in [2.24, 2.45) is 4.99 Å². The normalized spacial score (nSPS) is 16.3. The summed E-state index contributed by atoms with van der Waals surface area (Å²) >= 11 is 1.59. The fourth-order valence-electron chi connectivity index (χ4n) is 3.21. The minimum atomic E-state index is -3.37. The lowest BCUT2D eigenvalue weighted by Gasteiger charge is -2.10. The van der Waals surface area contributed by atoms with Crippen LogP contribution in [0.3, 0.4) is 0 Å². The van der Waals surface area contributed by atoms with Crippen molar-refractivity contribution in [3.8, 4) is 17.2 Å². The molecule has 3 heterocycles. The standard InChI is InChI=1S/C21H21N3O5S2/c1-3-28-18-10-15(29-14-4-5-19(22-11-14)31(2,26)27)8-13-9-17(24-20(13)18)21-23-12-16(30-21)6-7-25/h4-5,7-11,16,24H,3,6,12H2,1-2H3. The van der Waals surface area contributed by atoms with Gasteiger partial charge in [-0.1, -0.05) is 11.8 Å². The van der Waals surface area contributed by atoms with E-state index in [2.05, 4.69) is 15.0 Å². The Kier molecular flexibility index (Phi) is 6.01. The lowest BCUT2D eigenvalue weighted by molar-refractivity contribution is -0.107. The van der Waals surface area contributed by atoms with E-state index in [0.29, 0.717) is 36.8 Å². The van der Waals surface area contributed by atoms with Crippen LogP contribution in [0.15, 0.2) is 46.5 Å². The van der Waals surface area contributed by atoms with Crippen molar-refractivity contribution in [3.05, 3.63) is 42.2 Å². The summed E-state index contributed by atoms with van der Waals surface area (Å²) in [5.41, 5.74) is 1.70. The molecule has 1 aliphatic heterocycles. The summed E-state index contributed by atoms with van der Waals surface area (Å²) < 4.78 is 34.9. The van der Waals surface area contributed by atoms with Crippen LogP contribution < -0.4 is 9.47 Å². The van der Waals surface area contributed by atoms with Crippen LogP contribution in [0.2, 0.25) is 0 Å². The molecule has 1 aliphatic rings. The first-order chi connectivity index (χ1) is 14.9. The summed E-state index contributed by atoms with van der Waals surface area (Å²) in [4.78, 5) is 22.7. The predicted octanol–water partition coefficient (Wildman–Crippen LogP) is 3.61. The van der Waals surface area contributed by atoms with Crippen molar-refractivity contribution in [1.82, 2.24) is 9.97 Å². The average Bonchev–Trinajstić information content (AvgIpc) is 3.35. The van der Waals surface area contributed by atoms with Gasteiger partial charge in [0.05, 0.1) is 30.6 Å². The Morgan fingerprint density at radius 3 is 2.77 bits per heavy atom. The molecule has 1 aromatic carbocycles. The SMILES string of the molecule is CCOc1cc(Oc2ccc(S(C)(=O)=O)nc2)cc2cc(C3=NCC(CC=O)S3)[nH]c12. The third-order valence-corrected chi connectivity index (χ3v) is 6.85. The van der Waals surface area contributed by atoms with Gasteiger partial charge in [-0.3, -0.25) is 4.99 Å². The molecule has 2 aromatic heterocycles. The van der Waals surface area contributed by atoms with Crippen molar-refractivity contribution >= 4 is 43.8 Å². The molecule has 8 nitrogen and oxygen atoms in total. The third kappa shape index (κ3) is 4.75. The van der Waals surface area contributed by atoms with E-state index in [1.54, 1.807) is 23.9 Å². The molecule has 162 valence electrons. The minimum Gasteiger partial charge on any atom is -0.492 e. The van der Waals surface area contributed by atoms with Crippen molar-refractivity contribution in [3.63, 3.8) is 0 Å². The number of thioether (sulfide) groups is 1. The molecule has 3 aromatic rings. The zero-order valence-electron chi connectivity index (χ0n) is 17.0. The van der Waals surface area contributed by atoms with Gasteiger partial charge in [0.2, 0.25) is 0 Å². The molecule has 0 saturated heterocycles. The number of pyridine rings is 1. The Labute approximate surface area is 184 Å². The molecule has 1 unspecified atom stereocenters. The number of hydrogen-bond acceptors (Lipinski definition) is 8. The van der Waals surface area contributed by atoms with Crippen LogP contribution in [0.5, 0.6) is 17.2 Å². The van der Waals surface area contributed by atoms with E-state index in [0.717, 1.165) is 34.2 Å². The van der Waals surface area contributed by atoms with Gasteiger partial charge >= 0.3 is 0 Å². The monoisotopic (exact) mass is 459 g/mol. The number of rotatable bonds is 8. The number of H-pyrrole nitrogens is 1. The van der Waals surface area contributed by atoms with Crippen LogP contribution in [0.25, 0.3) is 10.9 Å². The Hall–Kier alpha value is -2.85. The zero-order valence-corrected chi connectivity index (χ0v) is 18.6. The van der Waals surface area contributed by atoms with Crippen molar-refractivity contribution in [2.75, 3.05) is 19.4 Å². The first-order valence-corrected chi connectivity index (χ1v) is 12.4. The number of aromatic nitrogens is 2. The lowest BCUT2D eigenvalue weighted by Crippen LogP contribution is -2.03. The van der Waals surface area contributed by atoms with Crippen LogP contribution in [0.1, 0.15) is 19.0 Å². The molecule has 0 aliphatic carbocycles. The first-order valence-electron chi connectivity index (χ1n) is 9.66. The van der Waals surface area contributed by atoms with E-state index in [1.807, 2.05) is 19.1 Å². The number of nitrogens with zero attached hydrogens (tertiary/aromatic N) is 2. The van der Waals surface area contributed by atoms with Gasteiger partial charge in [-0.05, 0) is 31.2 Å². The molecule has 0 bridgehead atoms. The van der Waals surface area contributed by atoms with Gasteiger partial charge in [0.25, 0.3) is 0 Å². The maximum atomic E-state index is 11.6. The van der Waals surface area contributed by atoms with Gasteiger partial charge < -0.3 is 19.3 Å². The summed E-state index contributed by atoms with van der Waals surface area (Å²) in [5.74, 6) is 1.59. The first kappa shape index (κ1) is 21.4. The highest BCUT2D eigenvalue weighted by Crippen LogP contribution is 2.36. The molecule has 1 N–H and O–H groups in total. The number of aliphatic imine (C=N–C) groups is 1. The molecule has 4 rings (SSSR count). The quantitative estimate of drug-likeness (QED) is 0.512. The fraction of sp³-hybridized carbons (Fsp3) is 0.286. The Bertz CT molecular complexity index is 1250. The maximum Gasteiger partial charge on any atom is 0.192 e. The van der Waals surface area contributed by atoms with Crippen LogP contribution in [0, 0.1) is 0 Å². The van der Waals surface area contributed by atoms with Crippen molar-refractivity contribution < 1.29 is 22.7 Å². The average molecular weight is 460 g/mol. The molecule has 31 heavy (non-hydrogen) atoms. The topological polar surface area (TPSA) is 111 Å². The predicted molar refractivity (Wildman–Crippen MR) is 120 cm³/mol. The number of carbonyl (C=O) groups is 1. The fourth-order valence-corrected chi connectivity index (χ4v) is 4.79. The van der Waals surface area contributed by atoms with E-state index < -0.39 is 9.84 Å². The Balaban J connectivity index is 1.63. The molecular formula is C21H21N3O5S2. The molecular weight excluding hydrogens is 438 g/mol. The smallest absolute Gasteiger partial charge is 0.192 e. The van der Waals surface area contributed by atoms with Crippen molar-refractivity contribution in [2.45, 2.75) is 23.6 Å². The van der Waals surface area contributed by atoms with Gasteiger partial charge in [0.15, 0.2) is 14.9 Å². The zero-order chi connectivity index (χ0) is 22.0. The molecule has 1 atom stereocenters. The van der Waals surface area contributed by atoms with Crippen LogP contribution in [0.4, 0.5) is 0 Å². The number of carbonyl (C=O) groups excluding carboxylic acids is 1. The summed E-state index contributed by atoms with van der Waals surface area (Å²) in [6.07, 6.45) is 3.89. The van der Waals surface area contributed by atoms with Crippen molar-refractivity contribution in [1.29, 1.82) is 0 Å². The largest absolute Gasteiger partial charge is 0.492 e. The molecule has 0 spiro atoms. The van der Waals surface area contributed by atoms with Crippen LogP contribution >= 0.6 is 11.8 Å². The number of ether oxygens (including phenoxy) is 2. The number of aromatic amines is 1. The van der Waals surface area contributed by atoms with E-state index in [4.69, 9.17) is 9.47 Å². The number of hydrogen-bond donors (Lipinski definition) is 1. The summed E-state index contributed by atoms with van der Waals surface area (Å²) in [7, 11) is -3.37. The second-order valence-electron chi connectivity index (χ2n) is 7.00. The number of fused-ring (bicyclic) bond motifs is 1. The molecule has 10 heteroatoms. The summed E-state index contributed by atoms with van der Waals surface area (Å²) in [6.45, 7) is 3.00. The highest BCUT2D eigenvalue weighted by molar-refractivity contribution is 8.15. The molecule has 0 saturated carbocycles. The number of aldehydes is 1. The van der Waals surface area contributed by atoms with Gasteiger partial charge in [-0.15, -0.1) is 0 Å². The highest BCUT2D eigenvalue weighted by atomic mass is 32.2. The third-order valence-electron chi connectivity index (χ3n) is 4.60. The summed E-state index contributed by atoms with van der Waals surface area (Å²) in [5, 5.41) is 1.92. The highest BCUT2D eigenvalue weighted by Gasteiger charge is 2.22. The molecule has 0 amide bonds. The van der Waals surface area contributed by atoms with Gasteiger partial charge in [0, 0.05) is 29.4 Å². The van der Waals surface area contributed by atoms with Gasteiger partial charge in [-0.25, -0.2) is 13.4 Å². The van der Waals surface area contributed by atoms with E-state index in [-0.39, 0.29) is 10.3 Å². The number of benzene rings is 1. The number of sulfone groups is 1. The molecule has 0 radical (unpaired) electrons. The minimum absolute atomic E-state index is 0.0108. The van der Waals surface area contributed by atoms with E-state index in [1.165, 1.54) is 12.3 Å². The Morgan fingerprint density at radius 2 is 2.10 bits per heavy atom. The van der Waals surface area contributed by atoms with Gasteiger partial charge in [-0.2, -0.15) is 0 Å². The lowest BCUT2D eigenvalue weighted by atomic mass is 10.2. The van der Waals surface area contributed by atoms with E-state index in [9.17, 15) is 13.2 Å². The summed E-state index contributed by atoms with van der Waals surface area (Å²) in [6, 6.07) is 8.59. The van der Waals surface area contributed by atoms with Crippen LogP contribution in [-0.2, 0) is 14.6 Å².